The Morgan fingerprint density at radius 2 is 1.73 bits per heavy atom. The molecule has 0 radical (unpaired) electrons. The lowest BCUT2D eigenvalue weighted by Crippen LogP contribution is -2.22. The van der Waals surface area contributed by atoms with E-state index in [2.05, 4.69) is 25.6 Å². The second-order valence-electron chi connectivity index (χ2n) is 5.65. The van der Waals surface area contributed by atoms with Crippen LogP contribution in [0.3, 0.4) is 0 Å². The molecule has 4 rings (SSSR count). The fourth-order valence-electron chi connectivity index (χ4n) is 2.63. The van der Waals surface area contributed by atoms with Crippen molar-refractivity contribution in [3.63, 3.8) is 0 Å². The first-order valence-corrected chi connectivity index (χ1v) is 8.15. The third-order valence-corrected chi connectivity index (χ3v) is 3.89. The highest BCUT2D eigenvalue weighted by molar-refractivity contribution is 5.68. The monoisotopic (exact) mass is 344 g/mol. The maximum absolute atomic E-state index is 12.6. The lowest BCUT2D eigenvalue weighted by atomic mass is 10.2. The number of hydrogen-bond acceptors (Lipinski definition) is 5. The van der Waals surface area contributed by atoms with Gasteiger partial charge in [0.1, 0.15) is 6.33 Å². The predicted octanol–water partition coefficient (Wildman–Crippen LogP) is 2.63. The van der Waals surface area contributed by atoms with Gasteiger partial charge in [0.25, 0.3) is 5.56 Å². The molecule has 0 amide bonds. The van der Waals surface area contributed by atoms with Crippen LogP contribution in [0.1, 0.15) is 5.56 Å². The largest absolute Gasteiger partial charge is 0.379 e. The van der Waals surface area contributed by atoms with Crippen LogP contribution in [0.5, 0.6) is 0 Å². The minimum atomic E-state index is -0.231. The molecule has 2 N–H and O–H groups in total. The van der Waals surface area contributed by atoms with E-state index < -0.39 is 0 Å². The van der Waals surface area contributed by atoms with Crippen LogP contribution in [-0.2, 0) is 6.54 Å². The molecule has 0 saturated heterocycles. The molecule has 0 unspecified atom stereocenters. The molecule has 0 aliphatic carbocycles. The zero-order chi connectivity index (χ0) is 17.8. The van der Waals surface area contributed by atoms with Crippen molar-refractivity contribution < 1.29 is 0 Å². The molecule has 26 heavy (non-hydrogen) atoms. The molecule has 7 heteroatoms. The van der Waals surface area contributed by atoms with Crippen molar-refractivity contribution in [2.75, 3.05) is 5.32 Å². The standard InChI is InChI=1S/C19H16N6O/c26-17-11-16(20-12-14-7-3-1-4-8-14)18(19-21-13-22-23-19)24-25(17)15-9-5-2-6-10-15/h1-11,13,20H,12H2,(H,21,22,23). The summed E-state index contributed by atoms with van der Waals surface area (Å²) in [6, 6.07) is 20.7. The molecule has 0 aliphatic heterocycles. The van der Waals surface area contributed by atoms with Gasteiger partial charge < -0.3 is 5.32 Å². The average Bonchev–Trinajstić information content (AvgIpc) is 3.22. The number of H-pyrrole nitrogens is 1. The van der Waals surface area contributed by atoms with E-state index in [-0.39, 0.29) is 5.56 Å². The number of aromatic nitrogens is 5. The summed E-state index contributed by atoms with van der Waals surface area (Å²) in [5, 5.41) is 14.6. The number of aromatic amines is 1. The SMILES string of the molecule is O=c1cc(NCc2ccccc2)c(-c2nc[nH]n2)nn1-c1ccccc1. The minimum absolute atomic E-state index is 0.231. The quantitative estimate of drug-likeness (QED) is 0.581. The third kappa shape index (κ3) is 3.23. The van der Waals surface area contributed by atoms with Gasteiger partial charge in [-0.15, -0.1) is 0 Å². The van der Waals surface area contributed by atoms with Gasteiger partial charge >= 0.3 is 0 Å². The number of nitrogens with zero attached hydrogens (tertiary/aromatic N) is 4. The van der Waals surface area contributed by atoms with Crippen molar-refractivity contribution in [3.8, 4) is 17.2 Å². The van der Waals surface area contributed by atoms with E-state index in [1.54, 1.807) is 0 Å². The van der Waals surface area contributed by atoms with Gasteiger partial charge in [0, 0.05) is 12.6 Å². The summed E-state index contributed by atoms with van der Waals surface area (Å²) in [5.41, 5.74) is 2.65. The van der Waals surface area contributed by atoms with E-state index in [1.807, 2.05) is 60.7 Å². The van der Waals surface area contributed by atoms with Crippen LogP contribution in [0.15, 0.2) is 77.9 Å². The second-order valence-corrected chi connectivity index (χ2v) is 5.65. The number of benzene rings is 2. The topological polar surface area (TPSA) is 88.5 Å². The zero-order valence-electron chi connectivity index (χ0n) is 13.8. The molecule has 0 bridgehead atoms. The molecule has 2 heterocycles. The zero-order valence-corrected chi connectivity index (χ0v) is 13.8. The van der Waals surface area contributed by atoms with Crippen molar-refractivity contribution in [3.05, 3.63) is 89.0 Å². The van der Waals surface area contributed by atoms with Gasteiger partial charge in [-0.05, 0) is 17.7 Å². The van der Waals surface area contributed by atoms with Crippen LogP contribution >= 0.6 is 0 Å². The van der Waals surface area contributed by atoms with E-state index in [4.69, 9.17) is 0 Å². The summed E-state index contributed by atoms with van der Waals surface area (Å²) in [5.74, 6) is 0.422. The highest BCUT2D eigenvalue weighted by Gasteiger charge is 2.15. The Hall–Kier alpha value is -3.74. The molecule has 128 valence electrons. The van der Waals surface area contributed by atoms with Crippen molar-refractivity contribution in [1.29, 1.82) is 0 Å². The van der Waals surface area contributed by atoms with E-state index in [1.165, 1.54) is 17.1 Å². The number of anilines is 1. The van der Waals surface area contributed by atoms with Crippen LogP contribution in [-0.4, -0.2) is 25.0 Å². The Morgan fingerprint density at radius 1 is 1.00 bits per heavy atom. The molecule has 0 aliphatic rings. The first-order chi connectivity index (χ1) is 12.8. The Morgan fingerprint density at radius 3 is 2.42 bits per heavy atom. The molecule has 4 aromatic rings. The van der Waals surface area contributed by atoms with Crippen molar-refractivity contribution in [2.24, 2.45) is 0 Å². The Labute approximate surface area is 149 Å². The molecule has 7 nitrogen and oxygen atoms in total. The summed E-state index contributed by atoms with van der Waals surface area (Å²) < 4.78 is 1.35. The Balaban J connectivity index is 1.76. The number of para-hydroxylation sites is 1. The second kappa shape index (κ2) is 7.02. The summed E-state index contributed by atoms with van der Waals surface area (Å²) in [6.07, 6.45) is 1.48. The fourth-order valence-corrected chi connectivity index (χ4v) is 2.63. The van der Waals surface area contributed by atoms with Crippen LogP contribution in [0.4, 0.5) is 5.69 Å². The smallest absolute Gasteiger partial charge is 0.273 e. The molecule has 0 saturated carbocycles. The van der Waals surface area contributed by atoms with Crippen LogP contribution in [0, 0.1) is 0 Å². The van der Waals surface area contributed by atoms with Crippen LogP contribution < -0.4 is 10.9 Å². The third-order valence-electron chi connectivity index (χ3n) is 3.89. The van der Waals surface area contributed by atoms with Gasteiger partial charge in [-0.25, -0.2) is 4.98 Å². The van der Waals surface area contributed by atoms with E-state index >= 15 is 0 Å². The average molecular weight is 344 g/mol. The van der Waals surface area contributed by atoms with Gasteiger partial charge in [0.15, 0.2) is 5.69 Å². The molecular formula is C19H16N6O. The molecule has 2 aromatic carbocycles. The van der Waals surface area contributed by atoms with Crippen molar-refractivity contribution >= 4 is 5.69 Å². The summed E-state index contributed by atoms with van der Waals surface area (Å²) in [6.45, 7) is 0.564. The van der Waals surface area contributed by atoms with Crippen LogP contribution in [0.25, 0.3) is 17.2 Å². The molecule has 2 aromatic heterocycles. The van der Waals surface area contributed by atoms with Crippen LogP contribution in [0.2, 0.25) is 0 Å². The van der Waals surface area contributed by atoms with Gasteiger partial charge in [-0.1, -0.05) is 48.5 Å². The summed E-state index contributed by atoms with van der Waals surface area (Å²) in [7, 11) is 0. The minimum Gasteiger partial charge on any atom is -0.379 e. The number of hydrogen-bond donors (Lipinski definition) is 2. The first kappa shape index (κ1) is 15.8. The predicted molar refractivity (Wildman–Crippen MR) is 99.0 cm³/mol. The maximum atomic E-state index is 12.6. The number of rotatable bonds is 5. The highest BCUT2D eigenvalue weighted by atomic mass is 16.1. The fraction of sp³-hybridized carbons (Fsp3) is 0.0526. The molecular weight excluding hydrogens is 328 g/mol. The highest BCUT2D eigenvalue weighted by Crippen LogP contribution is 2.21. The lowest BCUT2D eigenvalue weighted by molar-refractivity contribution is 0.808. The van der Waals surface area contributed by atoms with Gasteiger partial charge in [-0.3, -0.25) is 9.89 Å². The number of nitrogens with one attached hydrogen (secondary N) is 2. The van der Waals surface area contributed by atoms with E-state index in [9.17, 15) is 4.79 Å². The Kier molecular flexibility index (Phi) is 4.26. The molecule has 0 fully saturated rings. The van der Waals surface area contributed by atoms with E-state index in [0.29, 0.717) is 29.4 Å². The lowest BCUT2D eigenvalue weighted by Gasteiger charge is -2.12. The van der Waals surface area contributed by atoms with Crippen molar-refractivity contribution in [1.82, 2.24) is 25.0 Å². The molecule has 0 spiro atoms. The van der Waals surface area contributed by atoms with Gasteiger partial charge in [0.2, 0.25) is 5.82 Å². The van der Waals surface area contributed by atoms with E-state index in [0.717, 1.165) is 5.56 Å². The Bertz CT molecular complexity index is 1040. The normalized spacial score (nSPS) is 10.6. The maximum Gasteiger partial charge on any atom is 0.273 e. The van der Waals surface area contributed by atoms with Gasteiger partial charge in [-0.2, -0.15) is 14.9 Å². The molecule has 0 atom stereocenters. The first-order valence-electron chi connectivity index (χ1n) is 8.15. The summed E-state index contributed by atoms with van der Waals surface area (Å²) >= 11 is 0. The summed E-state index contributed by atoms with van der Waals surface area (Å²) in [4.78, 5) is 16.8. The van der Waals surface area contributed by atoms with Crippen molar-refractivity contribution in [2.45, 2.75) is 6.54 Å². The van der Waals surface area contributed by atoms with Gasteiger partial charge in [0.05, 0.1) is 11.4 Å².